The molecule has 8 heteroatoms. The Morgan fingerprint density at radius 2 is 1.92 bits per heavy atom. The van der Waals surface area contributed by atoms with E-state index in [0.29, 0.717) is 16.3 Å². The Balaban J connectivity index is 1.61. The molecule has 0 aliphatic carbocycles. The zero-order valence-corrected chi connectivity index (χ0v) is 18.0. The van der Waals surface area contributed by atoms with Crippen LogP contribution in [0.1, 0.15) is 5.56 Å². The summed E-state index contributed by atoms with van der Waals surface area (Å²) in [6.07, 6.45) is 0. The van der Waals surface area contributed by atoms with E-state index in [-0.39, 0.29) is 5.91 Å². The molecule has 0 aliphatic heterocycles. The van der Waals surface area contributed by atoms with Crippen molar-refractivity contribution in [1.82, 2.24) is 14.7 Å². The smallest absolute Gasteiger partial charge is 0.233 e. The van der Waals surface area contributed by atoms with Gasteiger partial charge in [-0.3, -0.25) is 4.79 Å². The van der Waals surface area contributed by atoms with Crippen molar-refractivity contribution >= 4 is 57.2 Å². The van der Waals surface area contributed by atoms with Crippen LogP contribution in [0.25, 0.3) is 5.69 Å². The molecule has 0 radical (unpaired) electrons. The number of nitrogens with zero attached hydrogens (tertiary/aromatic N) is 3. The minimum atomic E-state index is 0.0538. The van der Waals surface area contributed by atoms with Crippen molar-refractivity contribution in [3.05, 3.63) is 68.6 Å². The number of hydrogen-bond acceptors (Lipinski definition) is 5. The number of para-hydroxylation sites is 1. The molecule has 1 heterocycles. The summed E-state index contributed by atoms with van der Waals surface area (Å²) in [6, 6.07) is 17.7. The summed E-state index contributed by atoms with van der Waals surface area (Å²) >= 11 is 11.7. The maximum Gasteiger partial charge on any atom is 0.233 e. The molecular formula is C18H16BrN3OS3. The summed E-state index contributed by atoms with van der Waals surface area (Å²) in [5.74, 6) is 0.385. The molecule has 3 aromatic rings. The topological polar surface area (TPSA) is 38.1 Å². The van der Waals surface area contributed by atoms with Gasteiger partial charge in [0, 0.05) is 18.1 Å². The first-order valence-corrected chi connectivity index (χ1v) is 10.8. The van der Waals surface area contributed by atoms with Gasteiger partial charge in [-0.15, -0.1) is 5.10 Å². The average molecular weight is 466 g/mol. The van der Waals surface area contributed by atoms with Crippen molar-refractivity contribution in [2.45, 2.75) is 10.9 Å². The van der Waals surface area contributed by atoms with Crippen LogP contribution in [-0.4, -0.2) is 33.4 Å². The second kappa shape index (κ2) is 8.94. The number of aromatic nitrogens is 2. The van der Waals surface area contributed by atoms with E-state index in [4.69, 9.17) is 12.2 Å². The summed E-state index contributed by atoms with van der Waals surface area (Å²) in [6.45, 7) is 0.564. The molecule has 0 fully saturated rings. The lowest BCUT2D eigenvalue weighted by Crippen LogP contribution is -2.27. The van der Waals surface area contributed by atoms with Crippen LogP contribution in [0.3, 0.4) is 0 Å². The van der Waals surface area contributed by atoms with Crippen LogP contribution >= 0.6 is 51.2 Å². The minimum absolute atomic E-state index is 0.0538. The van der Waals surface area contributed by atoms with Crippen molar-refractivity contribution < 1.29 is 4.79 Å². The number of hydrogen-bond donors (Lipinski definition) is 0. The Labute approximate surface area is 174 Å². The van der Waals surface area contributed by atoms with Crippen molar-refractivity contribution in [3.8, 4) is 5.69 Å². The van der Waals surface area contributed by atoms with Gasteiger partial charge in [-0.1, -0.05) is 75.4 Å². The van der Waals surface area contributed by atoms with E-state index in [1.807, 2.05) is 61.6 Å². The Kier molecular flexibility index (Phi) is 6.63. The van der Waals surface area contributed by atoms with Gasteiger partial charge in [0.15, 0.2) is 8.29 Å². The van der Waals surface area contributed by atoms with Gasteiger partial charge in [-0.2, -0.15) is 0 Å². The first kappa shape index (κ1) is 19.3. The second-order valence-electron chi connectivity index (χ2n) is 5.51. The van der Waals surface area contributed by atoms with Crippen LogP contribution in [0.4, 0.5) is 0 Å². The number of amides is 1. The average Bonchev–Trinajstić information content (AvgIpc) is 3.03. The largest absolute Gasteiger partial charge is 0.341 e. The fourth-order valence-electron chi connectivity index (χ4n) is 2.26. The Bertz CT molecular complexity index is 956. The summed E-state index contributed by atoms with van der Waals surface area (Å²) < 4.78 is 4.21. The molecule has 0 unspecified atom stereocenters. The van der Waals surface area contributed by atoms with E-state index in [1.165, 1.54) is 23.1 Å². The number of carbonyl (C=O) groups is 1. The van der Waals surface area contributed by atoms with Crippen LogP contribution < -0.4 is 0 Å². The van der Waals surface area contributed by atoms with Gasteiger partial charge in [-0.25, -0.2) is 4.68 Å². The zero-order chi connectivity index (χ0) is 18.5. The molecule has 26 heavy (non-hydrogen) atoms. The normalized spacial score (nSPS) is 10.7. The third-order valence-electron chi connectivity index (χ3n) is 3.64. The van der Waals surface area contributed by atoms with Gasteiger partial charge in [-0.05, 0) is 36.0 Å². The number of benzene rings is 2. The molecule has 0 aliphatic rings. The summed E-state index contributed by atoms with van der Waals surface area (Å²) in [7, 11) is 1.81. The molecule has 1 aromatic heterocycles. The Morgan fingerprint density at radius 3 is 2.65 bits per heavy atom. The lowest BCUT2D eigenvalue weighted by atomic mass is 10.2. The van der Waals surface area contributed by atoms with Gasteiger partial charge < -0.3 is 4.90 Å². The maximum atomic E-state index is 12.4. The Morgan fingerprint density at radius 1 is 1.23 bits per heavy atom. The molecule has 0 atom stereocenters. The van der Waals surface area contributed by atoms with Gasteiger partial charge in [0.2, 0.25) is 5.91 Å². The fraction of sp³-hybridized carbons (Fsp3) is 0.167. The van der Waals surface area contributed by atoms with Crippen molar-refractivity contribution in [2.24, 2.45) is 0 Å². The lowest BCUT2D eigenvalue weighted by Gasteiger charge is -2.17. The standard InChI is InChI=1S/C18H16BrN3OS3/c1-21(11-13-7-5-6-10-15(13)19)16(23)12-25-17-20-22(18(24)26-17)14-8-3-2-4-9-14/h2-10H,11-12H2,1H3. The third kappa shape index (κ3) is 4.82. The number of thioether (sulfide) groups is 1. The minimum Gasteiger partial charge on any atom is -0.341 e. The lowest BCUT2D eigenvalue weighted by molar-refractivity contribution is -0.127. The fourth-order valence-corrected chi connectivity index (χ4v) is 4.97. The van der Waals surface area contributed by atoms with Crippen molar-refractivity contribution in [2.75, 3.05) is 12.8 Å². The number of rotatable bonds is 6. The predicted molar refractivity (Wildman–Crippen MR) is 114 cm³/mol. The molecule has 0 spiro atoms. The highest BCUT2D eigenvalue weighted by Gasteiger charge is 2.13. The molecule has 0 bridgehead atoms. The molecule has 0 N–H and O–H groups in total. The molecule has 0 saturated heterocycles. The SMILES string of the molecule is CN(Cc1ccccc1Br)C(=O)CSc1nn(-c2ccccc2)c(=S)s1. The molecule has 134 valence electrons. The van der Waals surface area contributed by atoms with Crippen LogP contribution in [0, 0.1) is 3.95 Å². The quantitative estimate of drug-likeness (QED) is 0.371. The van der Waals surface area contributed by atoms with Crippen LogP contribution in [0.2, 0.25) is 0 Å². The first-order valence-electron chi connectivity index (χ1n) is 7.80. The van der Waals surface area contributed by atoms with Crippen LogP contribution in [-0.2, 0) is 11.3 Å². The van der Waals surface area contributed by atoms with Gasteiger partial charge >= 0.3 is 0 Å². The molecule has 3 rings (SSSR count). The van der Waals surface area contributed by atoms with Gasteiger partial charge in [0.1, 0.15) is 0 Å². The molecule has 2 aromatic carbocycles. The van der Waals surface area contributed by atoms with E-state index in [9.17, 15) is 4.79 Å². The van der Waals surface area contributed by atoms with Crippen LogP contribution in [0.15, 0.2) is 63.4 Å². The summed E-state index contributed by atoms with van der Waals surface area (Å²) in [4.78, 5) is 14.2. The first-order chi connectivity index (χ1) is 12.5. The van der Waals surface area contributed by atoms with Crippen molar-refractivity contribution in [3.63, 3.8) is 0 Å². The van der Waals surface area contributed by atoms with Gasteiger partial charge in [0.25, 0.3) is 0 Å². The van der Waals surface area contributed by atoms with E-state index in [0.717, 1.165) is 20.1 Å². The summed E-state index contributed by atoms with van der Waals surface area (Å²) in [5, 5.41) is 4.53. The van der Waals surface area contributed by atoms with E-state index >= 15 is 0 Å². The predicted octanol–water partition coefficient (Wildman–Crippen LogP) is 5.18. The van der Waals surface area contributed by atoms with Crippen LogP contribution in [0.5, 0.6) is 0 Å². The summed E-state index contributed by atoms with van der Waals surface area (Å²) in [5.41, 5.74) is 2.01. The number of halogens is 1. The highest BCUT2D eigenvalue weighted by atomic mass is 79.9. The zero-order valence-electron chi connectivity index (χ0n) is 14.0. The third-order valence-corrected chi connectivity index (χ3v) is 6.76. The van der Waals surface area contributed by atoms with E-state index in [1.54, 1.807) is 9.58 Å². The van der Waals surface area contributed by atoms with E-state index in [2.05, 4.69) is 21.0 Å². The maximum absolute atomic E-state index is 12.4. The highest BCUT2D eigenvalue weighted by Crippen LogP contribution is 2.25. The van der Waals surface area contributed by atoms with E-state index < -0.39 is 0 Å². The highest BCUT2D eigenvalue weighted by molar-refractivity contribution is 9.10. The second-order valence-corrected chi connectivity index (χ2v) is 9.21. The molecule has 1 amide bonds. The number of carbonyl (C=O) groups excluding carboxylic acids is 1. The molecule has 0 saturated carbocycles. The monoisotopic (exact) mass is 465 g/mol. The molecular weight excluding hydrogens is 450 g/mol. The van der Waals surface area contributed by atoms with Gasteiger partial charge in [0.05, 0.1) is 11.4 Å². The molecule has 4 nitrogen and oxygen atoms in total. The van der Waals surface area contributed by atoms with Crippen molar-refractivity contribution in [1.29, 1.82) is 0 Å². The Hall–Kier alpha value is -1.48.